The van der Waals surface area contributed by atoms with Gasteiger partial charge in [-0.05, 0) is 49.2 Å². The molecule has 0 amide bonds. The molecule has 1 aliphatic rings. The van der Waals surface area contributed by atoms with Crippen LogP contribution >= 0.6 is 11.6 Å². The van der Waals surface area contributed by atoms with Crippen molar-refractivity contribution < 1.29 is 0 Å². The van der Waals surface area contributed by atoms with Crippen molar-refractivity contribution in [3.63, 3.8) is 0 Å². The van der Waals surface area contributed by atoms with Gasteiger partial charge in [-0.15, -0.1) is 0 Å². The van der Waals surface area contributed by atoms with E-state index in [1.165, 1.54) is 11.3 Å². The highest BCUT2D eigenvalue weighted by Crippen LogP contribution is 2.47. The Morgan fingerprint density at radius 3 is 2.52 bits per heavy atom. The summed E-state index contributed by atoms with van der Waals surface area (Å²) in [5, 5.41) is 4.50. The third-order valence-corrected chi connectivity index (χ3v) is 5.46. The van der Waals surface area contributed by atoms with Crippen LogP contribution < -0.4 is 10.2 Å². The van der Waals surface area contributed by atoms with E-state index in [0.717, 1.165) is 17.1 Å². The van der Waals surface area contributed by atoms with Gasteiger partial charge in [0.15, 0.2) is 0 Å². The Bertz CT molecular complexity index is 681. The molecular formula is C20H25ClN2. The van der Waals surface area contributed by atoms with Crippen LogP contribution in [0.3, 0.4) is 0 Å². The number of rotatable bonds is 4. The molecule has 122 valence electrons. The maximum absolute atomic E-state index is 6.26. The number of nitrogens with one attached hydrogen (secondary N) is 1. The van der Waals surface area contributed by atoms with Gasteiger partial charge in [-0.3, -0.25) is 0 Å². The molecule has 2 aromatic carbocycles. The van der Waals surface area contributed by atoms with Gasteiger partial charge in [0.05, 0.1) is 6.17 Å². The average Bonchev–Trinajstić information content (AvgIpc) is 2.74. The normalized spacial score (nSPS) is 20.2. The Morgan fingerprint density at radius 1 is 1.17 bits per heavy atom. The number of halogens is 1. The van der Waals surface area contributed by atoms with E-state index in [-0.39, 0.29) is 11.6 Å². The van der Waals surface area contributed by atoms with Crippen LogP contribution in [0.4, 0.5) is 11.4 Å². The van der Waals surface area contributed by atoms with Crippen LogP contribution in [0, 0.1) is 0 Å². The van der Waals surface area contributed by atoms with E-state index in [1.54, 1.807) is 0 Å². The molecule has 3 rings (SSSR count). The molecular weight excluding hydrogens is 304 g/mol. The van der Waals surface area contributed by atoms with Crippen molar-refractivity contribution in [1.29, 1.82) is 0 Å². The molecule has 23 heavy (non-hydrogen) atoms. The minimum absolute atomic E-state index is 0.0754. The van der Waals surface area contributed by atoms with Gasteiger partial charge < -0.3 is 10.2 Å². The lowest BCUT2D eigenvalue weighted by atomic mass is 9.81. The number of nitrogens with zero attached hydrogens (tertiary/aromatic N) is 1. The SMILES string of the molecule is CCC(Nc1ccccc1)N1c2ccc(Cl)cc2C(C)(C)C1C. The van der Waals surface area contributed by atoms with Crippen LogP contribution in [-0.4, -0.2) is 12.2 Å². The van der Waals surface area contributed by atoms with Gasteiger partial charge in [0, 0.05) is 27.9 Å². The lowest BCUT2D eigenvalue weighted by molar-refractivity contribution is 0.418. The maximum atomic E-state index is 6.26. The van der Waals surface area contributed by atoms with Crippen molar-refractivity contribution in [3.05, 3.63) is 59.1 Å². The van der Waals surface area contributed by atoms with Crippen LogP contribution in [0.5, 0.6) is 0 Å². The first kappa shape index (κ1) is 16.2. The van der Waals surface area contributed by atoms with E-state index in [2.05, 4.69) is 74.3 Å². The van der Waals surface area contributed by atoms with Crippen LogP contribution in [0.15, 0.2) is 48.5 Å². The highest BCUT2D eigenvalue weighted by atomic mass is 35.5. The van der Waals surface area contributed by atoms with Crippen LogP contribution in [-0.2, 0) is 5.41 Å². The molecule has 0 radical (unpaired) electrons. The summed E-state index contributed by atoms with van der Waals surface area (Å²) >= 11 is 6.26. The molecule has 0 bridgehead atoms. The summed E-state index contributed by atoms with van der Waals surface area (Å²) in [4.78, 5) is 2.51. The third kappa shape index (κ3) is 2.81. The fraction of sp³-hybridized carbons (Fsp3) is 0.400. The maximum Gasteiger partial charge on any atom is 0.0990 e. The van der Waals surface area contributed by atoms with Gasteiger partial charge in [0.2, 0.25) is 0 Å². The number of anilines is 2. The zero-order valence-electron chi connectivity index (χ0n) is 14.3. The number of hydrogen-bond donors (Lipinski definition) is 1. The highest BCUT2D eigenvalue weighted by Gasteiger charge is 2.44. The van der Waals surface area contributed by atoms with Gasteiger partial charge in [-0.25, -0.2) is 0 Å². The van der Waals surface area contributed by atoms with E-state index in [0.29, 0.717) is 6.04 Å². The van der Waals surface area contributed by atoms with Crippen molar-refractivity contribution >= 4 is 23.0 Å². The summed E-state index contributed by atoms with van der Waals surface area (Å²) in [5.74, 6) is 0. The molecule has 2 unspecified atom stereocenters. The van der Waals surface area contributed by atoms with Crippen molar-refractivity contribution in [2.45, 2.75) is 51.7 Å². The largest absolute Gasteiger partial charge is 0.365 e. The Labute approximate surface area is 144 Å². The van der Waals surface area contributed by atoms with Gasteiger partial charge >= 0.3 is 0 Å². The fourth-order valence-electron chi connectivity index (χ4n) is 3.56. The van der Waals surface area contributed by atoms with Crippen LogP contribution in [0.1, 0.15) is 39.7 Å². The van der Waals surface area contributed by atoms with Gasteiger partial charge in [-0.1, -0.05) is 50.6 Å². The topological polar surface area (TPSA) is 15.3 Å². The van der Waals surface area contributed by atoms with Crippen LogP contribution in [0.25, 0.3) is 0 Å². The Morgan fingerprint density at radius 2 is 1.87 bits per heavy atom. The Kier molecular flexibility index (Phi) is 4.29. The van der Waals surface area contributed by atoms with Gasteiger partial charge in [0.25, 0.3) is 0 Å². The summed E-state index contributed by atoms with van der Waals surface area (Å²) in [6, 6.07) is 17.1. The molecule has 3 heteroatoms. The highest BCUT2D eigenvalue weighted by molar-refractivity contribution is 6.30. The summed E-state index contributed by atoms with van der Waals surface area (Å²) < 4.78 is 0. The second-order valence-corrected chi connectivity index (χ2v) is 7.34. The number of fused-ring (bicyclic) bond motifs is 1. The van der Waals surface area contributed by atoms with E-state index in [1.807, 2.05) is 12.1 Å². The van der Waals surface area contributed by atoms with Crippen molar-refractivity contribution in [2.24, 2.45) is 0 Å². The molecule has 0 fully saturated rings. The van der Waals surface area contributed by atoms with E-state index < -0.39 is 0 Å². The van der Waals surface area contributed by atoms with E-state index in [9.17, 15) is 0 Å². The number of hydrogen-bond acceptors (Lipinski definition) is 2. The molecule has 2 aromatic rings. The molecule has 2 atom stereocenters. The standard InChI is InChI=1S/C20H25ClN2/c1-5-19(22-16-9-7-6-8-10-16)23-14(2)20(3,4)17-13-15(21)11-12-18(17)23/h6-14,19,22H,5H2,1-4H3. The summed E-state index contributed by atoms with van der Waals surface area (Å²) in [7, 11) is 0. The lowest BCUT2D eigenvalue weighted by Crippen LogP contribution is -2.48. The van der Waals surface area contributed by atoms with E-state index in [4.69, 9.17) is 11.6 Å². The first-order valence-corrected chi connectivity index (χ1v) is 8.73. The zero-order valence-corrected chi connectivity index (χ0v) is 15.1. The first-order chi connectivity index (χ1) is 10.9. The quantitative estimate of drug-likeness (QED) is 0.777. The summed E-state index contributed by atoms with van der Waals surface area (Å²) in [6.45, 7) is 9.15. The smallest absolute Gasteiger partial charge is 0.0990 e. The molecule has 0 spiro atoms. The molecule has 0 saturated heterocycles. The van der Waals surface area contributed by atoms with E-state index >= 15 is 0 Å². The molecule has 0 aromatic heterocycles. The molecule has 2 nitrogen and oxygen atoms in total. The molecule has 1 N–H and O–H groups in total. The average molecular weight is 329 g/mol. The molecule has 1 aliphatic heterocycles. The van der Waals surface area contributed by atoms with Crippen molar-refractivity contribution in [2.75, 3.05) is 10.2 Å². The minimum atomic E-state index is 0.0754. The number of benzene rings is 2. The Balaban J connectivity index is 1.98. The zero-order chi connectivity index (χ0) is 16.6. The minimum Gasteiger partial charge on any atom is -0.365 e. The van der Waals surface area contributed by atoms with Crippen LogP contribution in [0.2, 0.25) is 5.02 Å². The predicted molar refractivity (Wildman–Crippen MR) is 101 cm³/mol. The molecule has 1 heterocycles. The van der Waals surface area contributed by atoms with Gasteiger partial charge in [0.1, 0.15) is 0 Å². The fourth-order valence-corrected chi connectivity index (χ4v) is 3.74. The lowest BCUT2D eigenvalue weighted by Gasteiger charge is -2.38. The van der Waals surface area contributed by atoms with Crippen molar-refractivity contribution in [3.8, 4) is 0 Å². The Hall–Kier alpha value is -1.67. The third-order valence-electron chi connectivity index (χ3n) is 5.22. The monoisotopic (exact) mass is 328 g/mol. The second-order valence-electron chi connectivity index (χ2n) is 6.90. The van der Waals surface area contributed by atoms with Gasteiger partial charge in [-0.2, -0.15) is 0 Å². The first-order valence-electron chi connectivity index (χ1n) is 8.35. The van der Waals surface area contributed by atoms with Crippen molar-refractivity contribution in [1.82, 2.24) is 0 Å². The second kappa shape index (κ2) is 6.09. The molecule has 0 saturated carbocycles. The summed E-state index contributed by atoms with van der Waals surface area (Å²) in [6.07, 6.45) is 1.28. The number of para-hydroxylation sites is 1. The summed E-state index contributed by atoms with van der Waals surface area (Å²) in [5.41, 5.74) is 3.87. The predicted octanol–water partition coefficient (Wildman–Crippen LogP) is 5.67. The molecule has 0 aliphatic carbocycles.